The number of rotatable bonds is 26. The van der Waals surface area contributed by atoms with Crippen LogP contribution in [0.2, 0.25) is 0 Å². The van der Waals surface area contributed by atoms with Gasteiger partial charge in [0.2, 0.25) is 12.7 Å². The van der Waals surface area contributed by atoms with E-state index in [2.05, 4.69) is 23.6 Å². The maximum absolute atomic E-state index is 14.3. The van der Waals surface area contributed by atoms with Gasteiger partial charge in [-0.1, -0.05) is 96.3 Å². The van der Waals surface area contributed by atoms with Gasteiger partial charge in [-0.3, -0.25) is 14.5 Å². The molecule has 0 N–H and O–H groups in total. The average molecular weight is 740 g/mol. The van der Waals surface area contributed by atoms with Gasteiger partial charge in [0.15, 0.2) is 11.5 Å². The molecule has 1 amide bonds. The molecule has 2 heterocycles. The molecule has 294 valence electrons. The van der Waals surface area contributed by atoms with Crippen molar-refractivity contribution in [3.63, 3.8) is 0 Å². The predicted octanol–water partition coefficient (Wildman–Crippen LogP) is 8.26. The third-order valence-electron chi connectivity index (χ3n) is 10.4. The maximum atomic E-state index is 14.3. The zero-order valence-corrected chi connectivity index (χ0v) is 32.1. The van der Waals surface area contributed by atoms with Gasteiger partial charge < -0.3 is 28.7 Å². The van der Waals surface area contributed by atoms with Crippen LogP contribution in [-0.4, -0.2) is 80.1 Å². The van der Waals surface area contributed by atoms with Crippen LogP contribution >= 0.6 is 0 Å². The van der Waals surface area contributed by atoms with E-state index in [1.807, 2.05) is 47.4 Å². The number of likely N-dealkylation sites (tertiary alicyclic amines) is 1. The summed E-state index contributed by atoms with van der Waals surface area (Å²) in [5, 5.41) is 9.49. The molecule has 2 aromatic carbocycles. The average Bonchev–Trinajstić information content (AvgIpc) is 3.79. The van der Waals surface area contributed by atoms with Gasteiger partial charge in [0.05, 0.1) is 32.8 Å². The standard InChI is InChI=1S/C41H61N3O9/c1-4-6-24-42(25-7-5-2)38(45)30-43-29-35(33-20-23-36-37(28-33)52-31-51-36)39(40(43)32-18-21-34(49-3)22-19-32)41(46)50-26-16-14-12-10-8-9-11-13-15-17-27-53-44(47)48/h18-23,28,35,39-40H,4-17,24-27,29-31H2,1-3H3/t35-,39-,40+/m1/s1. The van der Waals surface area contributed by atoms with Crippen LogP contribution in [0, 0.1) is 16.0 Å². The van der Waals surface area contributed by atoms with Crippen LogP contribution in [0.15, 0.2) is 42.5 Å². The van der Waals surface area contributed by atoms with Crippen LogP contribution in [0.5, 0.6) is 17.2 Å². The Labute approximate surface area is 315 Å². The minimum Gasteiger partial charge on any atom is -0.497 e. The number of nitrogens with zero attached hydrogens (tertiary/aromatic N) is 3. The molecule has 1 fully saturated rings. The van der Waals surface area contributed by atoms with Crippen LogP contribution in [0.4, 0.5) is 0 Å². The molecular formula is C41H61N3O9. The number of carbonyl (C=O) groups excluding carboxylic acids is 2. The lowest BCUT2D eigenvalue weighted by Crippen LogP contribution is -2.42. The van der Waals surface area contributed by atoms with Gasteiger partial charge in [-0.2, -0.15) is 0 Å². The van der Waals surface area contributed by atoms with Crippen molar-refractivity contribution in [2.45, 2.75) is 116 Å². The van der Waals surface area contributed by atoms with Crippen LogP contribution in [0.25, 0.3) is 0 Å². The third-order valence-corrected chi connectivity index (χ3v) is 10.4. The summed E-state index contributed by atoms with van der Waals surface area (Å²) >= 11 is 0. The number of methoxy groups -OCH3 is 1. The third kappa shape index (κ3) is 13.1. The van der Waals surface area contributed by atoms with Crippen molar-refractivity contribution in [3.05, 3.63) is 63.7 Å². The van der Waals surface area contributed by atoms with E-state index in [9.17, 15) is 19.7 Å². The Hall–Kier alpha value is -4.06. The fourth-order valence-electron chi connectivity index (χ4n) is 7.42. The fourth-order valence-corrected chi connectivity index (χ4v) is 7.42. The van der Waals surface area contributed by atoms with E-state index in [1.165, 1.54) is 0 Å². The Morgan fingerprint density at radius 3 is 2.00 bits per heavy atom. The molecule has 12 nitrogen and oxygen atoms in total. The van der Waals surface area contributed by atoms with Crippen molar-refractivity contribution >= 4 is 11.9 Å². The van der Waals surface area contributed by atoms with Crippen molar-refractivity contribution in [3.8, 4) is 17.2 Å². The highest BCUT2D eigenvalue weighted by Gasteiger charge is 2.49. The molecule has 0 radical (unpaired) electrons. The molecule has 0 saturated carbocycles. The second-order valence-corrected chi connectivity index (χ2v) is 14.2. The number of fused-ring (bicyclic) bond motifs is 1. The van der Waals surface area contributed by atoms with Gasteiger partial charge in [0.1, 0.15) is 5.75 Å². The van der Waals surface area contributed by atoms with Gasteiger partial charge in [-0.05, 0) is 61.1 Å². The Balaban J connectivity index is 1.42. The summed E-state index contributed by atoms with van der Waals surface area (Å²) in [5.41, 5.74) is 1.91. The first-order valence-electron chi connectivity index (χ1n) is 19.9. The molecule has 2 aromatic rings. The van der Waals surface area contributed by atoms with Crippen molar-refractivity contribution < 1.29 is 38.5 Å². The van der Waals surface area contributed by atoms with E-state index in [-0.39, 0.29) is 43.8 Å². The first-order chi connectivity index (χ1) is 25.9. The van der Waals surface area contributed by atoms with E-state index in [4.69, 9.17) is 18.9 Å². The Morgan fingerprint density at radius 2 is 1.40 bits per heavy atom. The van der Waals surface area contributed by atoms with Crippen LogP contribution in [-0.2, 0) is 19.2 Å². The van der Waals surface area contributed by atoms with E-state index in [1.54, 1.807) is 7.11 Å². The molecule has 53 heavy (non-hydrogen) atoms. The van der Waals surface area contributed by atoms with Crippen LogP contribution < -0.4 is 14.2 Å². The maximum Gasteiger partial charge on any atom is 0.311 e. The summed E-state index contributed by atoms with van der Waals surface area (Å²) in [5.74, 6) is 1.16. The summed E-state index contributed by atoms with van der Waals surface area (Å²) in [7, 11) is 1.64. The highest BCUT2D eigenvalue weighted by molar-refractivity contribution is 5.80. The minimum atomic E-state index is -0.734. The number of hydrogen-bond acceptors (Lipinski definition) is 10. The van der Waals surface area contributed by atoms with E-state index in [0.717, 1.165) is 113 Å². The quantitative estimate of drug-likeness (QED) is 0.0402. The van der Waals surface area contributed by atoms with Gasteiger partial charge >= 0.3 is 5.97 Å². The molecule has 0 aliphatic carbocycles. The second kappa shape index (κ2) is 22.9. The molecule has 12 heteroatoms. The normalized spacial score (nSPS) is 17.8. The van der Waals surface area contributed by atoms with Crippen LogP contribution in [0.1, 0.15) is 127 Å². The van der Waals surface area contributed by atoms with E-state index in [0.29, 0.717) is 31.1 Å². The van der Waals surface area contributed by atoms with Crippen LogP contribution in [0.3, 0.4) is 0 Å². The molecule has 4 rings (SSSR count). The molecule has 2 aliphatic rings. The smallest absolute Gasteiger partial charge is 0.311 e. The van der Waals surface area contributed by atoms with Crippen molar-refractivity contribution in [2.75, 3.05) is 53.3 Å². The number of unbranched alkanes of at least 4 members (excludes halogenated alkanes) is 11. The van der Waals surface area contributed by atoms with Gasteiger partial charge in [0, 0.05) is 31.6 Å². The molecule has 0 aromatic heterocycles. The molecule has 0 bridgehead atoms. The highest BCUT2D eigenvalue weighted by atomic mass is 16.9. The topological polar surface area (TPSA) is 130 Å². The number of ether oxygens (including phenoxy) is 4. The Kier molecular flexibility index (Phi) is 18.0. The van der Waals surface area contributed by atoms with E-state index >= 15 is 0 Å². The Morgan fingerprint density at radius 1 is 0.811 bits per heavy atom. The lowest BCUT2D eigenvalue weighted by Gasteiger charge is -2.30. The minimum absolute atomic E-state index is 0.0890. The van der Waals surface area contributed by atoms with E-state index < -0.39 is 11.0 Å². The number of amides is 1. The lowest BCUT2D eigenvalue weighted by molar-refractivity contribution is -0.757. The Bertz CT molecular complexity index is 1400. The number of esters is 1. The molecular weight excluding hydrogens is 678 g/mol. The van der Waals surface area contributed by atoms with Gasteiger partial charge in [-0.25, -0.2) is 0 Å². The summed E-state index contributed by atoms with van der Waals surface area (Å²) in [4.78, 5) is 47.0. The van der Waals surface area contributed by atoms with Crippen molar-refractivity contribution in [1.82, 2.24) is 9.80 Å². The van der Waals surface area contributed by atoms with Crippen molar-refractivity contribution in [2.24, 2.45) is 5.92 Å². The summed E-state index contributed by atoms with van der Waals surface area (Å²) in [6, 6.07) is 13.3. The fraction of sp³-hybridized carbons (Fsp3) is 0.659. The number of benzene rings is 2. The first kappa shape index (κ1) is 41.7. The summed E-state index contributed by atoms with van der Waals surface area (Å²) < 4.78 is 22.9. The SMILES string of the molecule is CCCCN(CCCC)C(=O)CN1C[C@H](c2ccc3c(c2)OCO3)[C@@H](C(=O)OCCCCCCCCCCCCO[N+](=O)[O-])[C@@H]1c1ccc(OC)cc1. The van der Waals surface area contributed by atoms with Gasteiger partial charge in [0.25, 0.3) is 5.09 Å². The highest BCUT2D eigenvalue weighted by Crippen LogP contribution is 2.48. The second-order valence-electron chi connectivity index (χ2n) is 14.2. The van der Waals surface area contributed by atoms with Gasteiger partial charge in [-0.15, -0.1) is 10.1 Å². The molecule has 0 spiro atoms. The zero-order valence-electron chi connectivity index (χ0n) is 32.1. The first-order valence-corrected chi connectivity index (χ1v) is 19.9. The van der Waals surface area contributed by atoms with Crippen molar-refractivity contribution in [1.29, 1.82) is 0 Å². The lowest BCUT2D eigenvalue weighted by atomic mass is 9.82. The molecule has 1 saturated heterocycles. The molecule has 0 unspecified atom stereocenters. The number of hydrogen-bond donors (Lipinski definition) is 0. The largest absolute Gasteiger partial charge is 0.497 e. The molecule has 3 atom stereocenters. The number of carbonyl (C=O) groups is 2. The monoisotopic (exact) mass is 739 g/mol. The summed E-state index contributed by atoms with van der Waals surface area (Å²) in [6.45, 7) is 7.17. The zero-order chi connectivity index (χ0) is 37.8. The predicted molar refractivity (Wildman–Crippen MR) is 203 cm³/mol. The molecule has 2 aliphatic heterocycles. The summed E-state index contributed by atoms with van der Waals surface area (Å²) in [6.07, 6.45) is 14.1.